The van der Waals surface area contributed by atoms with Crippen LogP contribution in [0.2, 0.25) is 0 Å². The Balaban J connectivity index is 1.64. The molecule has 0 spiro atoms. The summed E-state index contributed by atoms with van der Waals surface area (Å²) in [7, 11) is 0. The second kappa shape index (κ2) is 5.71. The largest absolute Gasteiger partial charge is 0.492 e. The van der Waals surface area contributed by atoms with Gasteiger partial charge in [0.15, 0.2) is 0 Å². The summed E-state index contributed by atoms with van der Waals surface area (Å²) in [5.41, 5.74) is 1.18. The molecule has 0 saturated heterocycles. The van der Waals surface area contributed by atoms with Crippen molar-refractivity contribution < 1.29 is 9.53 Å². The molecule has 1 saturated carbocycles. The van der Waals surface area contributed by atoms with Crippen LogP contribution in [0.1, 0.15) is 24.8 Å². The Morgan fingerprint density at radius 2 is 2.29 bits per heavy atom. The average Bonchev–Trinajstić information content (AvgIpc) is 2.22. The average molecular weight is 233 g/mol. The van der Waals surface area contributed by atoms with Crippen LogP contribution in [0.4, 0.5) is 0 Å². The molecule has 0 atom stereocenters. The summed E-state index contributed by atoms with van der Waals surface area (Å²) >= 11 is 0. The predicted octanol–water partition coefficient (Wildman–Crippen LogP) is 2.29. The maximum Gasteiger partial charge on any atom is 0.223 e. The lowest BCUT2D eigenvalue weighted by Gasteiger charge is -2.23. The van der Waals surface area contributed by atoms with Gasteiger partial charge in [-0.25, -0.2) is 0 Å². The van der Waals surface area contributed by atoms with E-state index in [1.54, 1.807) is 0 Å². The Bertz CT molecular complexity index is 386. The number of aryl methyl sites for hydroxylation is 1. The van der Waals surface area contributed by atoms with Crippen molar-refractivity contribution in [3.05, 3.63) is 29.8 Å². The van der Waals surface area contributed by atoms with Crippen LogP contribution in [0.25, 0.3) is 0 Å². The summed E-state index contributed by atoms with van der Waals surface area (Å²) in [6.07, 6.45) is 3.28. The zero-order valence-corrected chi connectivity index (χ0v) is 10.2. The van der Waals surface area contributed by atoms with Crippen LogP contribution in [0.3, 0.4) is 0 Å². The van der Waals surface area contributed by atoms with Crippen LogP contribution in [0.5, 0.6) is 5.75 Å². The molecule has 1 aliphatic carbocycles. The molecule has 0 aromatic heterocycles. The quantitative estimate of drug-likeness (QED) is 0.792. The van der Waals surface area contributed by atoms with E-state index in [1.165, 1.54) is 12.0 Å². The molecule has 1 amide bonds. The van der Waals surface area contributed by atoms with Gasteiger partial charge >= 0.3 is 0 Å². The van der Waals surface area contributed by atoms with Gasteiger partial charge in [-0.15, -0.1) is 0 Å². The highest BCUT2D eigenvalue weighted by Crippen LogP contribution is 2.25. The van der Waals surface area contributed by atoms with Crippen molar-refractivity contribution in [2.45, 2.75) is 26.2 Å². The van der Waals surface area contributed by atoms with E-state index in [0.717, 1.165) is 18.6 Å². The first-order valence-corrected chi connectivity index (χ1v) is 6.23. The van der Waals surface area contributed by atoms with Crippen molar-refractivity contribution in [2.24, 2.45) is 5.92 Å². The number of carbonyl (C=O) groups excluding carboxylic acids is 1. The Kier molecular flexibility index (Phi) is 4.02. The maximum absolute atomic E-state index is 11.5. The first-order valence-electron chi connectivity index (χ1n) is 6.23. The van der Waals surface area contributed by atoms with Gasteiger partial charge in [0.05, 0.1) is 6.54 Å². The number of amides is 1. The fourth-order valence-electron chi connectivity index (χ4n) is 1.86. The predicted molar refractivity (Wildman–Crippen MR) is 67.0 cm³/mol. The number of hydrogen-bond donors (Lipinski definition) is 1. The van der Waals surface area contributed by atoms with Crippen molar-refractivity contribution in [1.82, 2.24) is 5.32 Å². The van der Waals surface area contributed by atoms with Gasteiger partial charge in [0.25, 0.3) is 0 Å². The topological polar surface area (TPSA) is 38.3 Å². The van der Waals surface area contributed by atoms with Gasteiger partial charge in [-0.05, 0) is 37.5 Å². The molecule has 0 unspecified atom stereocenters. The first kappa shape index (κ1) is 12.0. The molecule has 0 bridgehead atoms. The van der Waals surface area contributed by atoms with Crippen LogP contribution in [-0.2, 0) is 4.79 Å². The zero-order valence-electron chi connectivity index (χ0n) is 10.2. The standard InChI is InChI=1S/C14H19NO2/c1-11-4-2-7-13(10-11)17-9-8-15-14(16)12-5-3-6-12/h2,4,7,10,12H,3,5-6,8-9H2,1H3,(H,15,16). The lowest BCUT2D eigenvalue weighted by molar-refractivity contribution is -0.127. The zero-order chi connectivity index (χ0) is 12.1. The van der Waals surface area contributed by atoms with Crippen molar-refractivity contribution in [3.63, 3.8) is 0 Å². The van der Waals surface area contributed by atoms with E-state index < -0.39 is 0 Å². The van der Waals surface area contributed by atoms with Crippen LogP contribution in [0, 0.1) is 12.8 Å². The Morgan fingerprint density at radius 3 is 2.94 bits per heavy atom. The molecular formula is C14H19NO2. The number of rotatable bonds is 5. The molecule has 3 heteroatoms. The third kappa shape index (κ3) is 3.48. The molecule has 0 radical (unpaired) electrons. The van der Waals surface area contributed by atoms with Crippen LogP contribution < -0.4 is 10.1 Å². The van der Waals surface area contributed by atoms with E-state index in [0.29, 0.717) is 13.2 Å². The molecule has 2 rings (SSSR count). The number of carbonyl (C=O) groups is 1. The molecule has 0 aliphatic heterocycles. The van der Waals surface area contributed by atoms with E-state index >= 15 is 0 Å². The van der Waals surface area contributed by atoms with Crippen molar-refractivity contribution in [3.8, 4) is 5.75 Å². The summed E-state index contributed by atoms with van der Waals surface area (Å²) < 4.78 is 5.55. The first-order chi connectivity index (χ1) is 8.25. The van der Waals surface area contributed by atoms with Gasteiger partial charge in [0, 0.05) is 5.92 Å². The molecule has 1 N–H and O–H groups in total. The highest BCUT2D eigenvalue weighted by molar-refractivity contribution is 5.79. The second-order valence-electron chi connectivity index (χ2n) is 4.58. The van der Waals surface area contributed by atoms with Gasteiger partial charge in [-0.1, -0.05) is 18.6 Å². The molecule has 1 aromatic carbocycles. The van der Waals surface area contributed by atoms with Crippen LogP contribution in [-0.4, -0.2) is 19.1 Å². The summed E-state index contributed by atoms with van der Waals surface area (Å²) in [5, 5.41) is 2.91. The van der Waals surface area contributed by atoms with E-state index in [-0.39, 0.29) is 11.8 Å². The number of hydrogen-bond acceptors (Lipinski definition) is 2. The fourth-order valence-corrected chi connectivity index (χ4v) is 1.86. The second-order valence-corrected chi connectivity index (χ2v) is 4.58. The third-order valence-electron chi connectivity index (χ3n) is 3.14. The molecule has 1 aliphatic rings. The smallest absolute Gasteiger partial charge is 0.223 e. The van der Waals surface area contributed by atoms with Gasteiger partial charge in [-0.3, -0.25) is 4.79 Å². The van der Waals surface area contributed by atoms with Crippen LogP contribution in [0.15, 0.2) is 24.3 Å². The molecule has 92 valence electrons. The number of nitrogens with one attached hydrogen (secondary N) is 1. The third-order valence-corrected chi connectivity index (χ3v) is 3.14. The highest BCUT2D eigenvalue weighted by atomic mass is 16.5. The summed E-state index contributed by atoms with van der Waals surface area (Å²) in [6, 6.07) is 7.93. The van der Waals surface area contributed by atoms with E-state index in [1.807, 2.05) is 31.2 Å². The minimum Gasteiger partial charge on any atom is -0.492 e. The van der Waals surface area contributed by atoms with Gasteiger partial charge in [0.2, 0.25) is 5.91 Å². The molecule has 0 heterocycles. The van der Waals surface area contributed by atoms with Crippen molar-refractivity contribution in [1.29, 1.82) is 0 Å². The summed E-state index contributed by atoms with van der Waals surface area (Å²) in [6.45, 7) is 3.15. The fraction of sp³-hybridized carbons (Fsp3) is 0.500. The monoisotopic (exact) mass is 233 g/mol. The van der Waals surface area contributed by atoms with E-state index in [2.05, 4.69) is 5.32 Å². The van der Waals surface area contributed by atoms with Crippen molar-refractivity contribution >= 4 is 5.91 Å². The minimum absolute atomic E-state index is 0.184. The van der Waals surface area contributed by atoms with Crippen LogP contribution >= 0.6 is 0 Å². The Hall–Kier alpha value is -1.51. The minimum atomic E-state index is 0.184. The van der Waals surface area contributed by atoms with Crippen molar-refractivity contribution in [2.75, 3.05) is 13.2 Å². The lowest BCUT2D eigenvalue weighted by atomic mass is 9.85. The molecule has 3 nitrogen and oxygen atoms in total. The number of ether oxygens (including phenoxy) is 1. The van der Waals surface area contributed by atoms with Gasteiger partial charge in [-0.2, -0.15) is 0 Å². The lowest BCUT2D eigenvalue weighted by Crippen LogP contribution is -2.36. The summed E-state index contributed by atoms with van der Waals surface area (Å²) in [4.78, 5) is 11.5. The highest BCUT2D eigenvalue weighted by Gasteiger charge is 2.24. The SMILES string of the molecule is Cc1cccc(OCCNC(=O)C2CCC2)c1. The Morgan fingerprint density at radius 1 is 1.47 bits per heavy atom. The Labute approximate surface area is 102 Å². The van der Waals surface area contributed by atoms with E-state index in [9.17, 15) is 4.79 Å². The summed E-state index contributed by atoms with van der Waals surface area (Å²) in [5.74, 6) is 1.31. The molecule has 1 fully saturated rings. The normalized spacial score (nSPS) is 15.1. The maximum atomic E-state index is 11.5. The van der Waals surface area contributed by atoms with Gasteiger partial charge in [0.1, 0.15) is 12.4 Å². The molecular weight excluding hydrogens is 214 g/mol. The molecule has 1 aromatic rings. The molecule has 17 heavy (non-hydrogen) atoms. The number of benzene rings is 1. The van der Waals surface area contributed by atoms with E-state index in [4.69, 9.17) is 4.74 Å². The van der Waals surface area contributed by atoms with Gasteiger partial charge < -0.3 is 10.1 Å².